The fourth-order valence-corrected chi connectivity index (χ4v) is 5.11. The average Bonchev–Trinajstić information content (AvgIpc) is 3.36. The highest BCUT2D eigenvalue weighted by Crippen LogP contribution is 2.36. The number of anilines is 1. The van der Waals surface area contributed by atoms with Crippen molar-refractivity contribution in [2.24, 2.45) is 0 Å². The van der Waals surface area contributed by atoms with Crippen LogP contribution in [0, 0.1) is 10.1 Å². The molecule has 206 valence electrons. The molecule has 3 aromatic carbocycles. The fraction of sp³-hybridized carbons (Fsp3) is 0.233. The number of carboxylic acids is 1. The van der Waals surface area contributed by atoms with Crippen LogP contribution in [-0.4, -0.2) is 26.0 Å². The highest BCUT2D eigenvalue weighted by Gasteiger charge is 2.24. The van der Waals surface area contributed by atoms with Gasteiger partial charge in [0.25, 0.3) is 5.69 Å². The van der Waals surface area contributed by atoms with E-state index in [0.29, 0.717) is 10.0 Å². The number of hydrogen-bond acceptors (Lipinski definition) is 6. The summed E-state index contributed by atoms with van der Waals surface area (Å²) in [6, 6.07) is 19.2. The highest BCUT2D eigenvalue weighted by molar-refractivity contribution is 6.36. The van der Waals surface area contributed by atoms with Gasteiger partial charge in [-0.2, -0.15) is 0 Å². The van der Waals surface area contributed by atoms with Gasteiger partial charge in [-0.3, -0.25) is 10.1 Å². The van der Waals surface area contributed by atoms with E-state index in [0.717, 1.165) is 66.3 Å². The van der Waals surface area contributed by atoms with Crippen LogP contribution in [0.25, 0.3) is 11.3 Å². The second kappa shape index (κ2) is 12.9. The molecule has 0 saturated carbocycles. The number of benzene rings is 3. The molecule has 1 aliphatic rings. The first-order chi connectivity index (χ1) is 19.2. The van der Waals surface area contributed by atoms with Crippen LogP contribution in [0.2, 0.25) is 10.0 Å². The number of rotatable bonds is 7. The third-order valence-corrected chi connectivity index (χ3v) is 7.21. The number of carboxylic acid groups (broad SMARTS) is 1. The topological polar surface area (TPSA) is 118 Å². The van der Waals surface area contributed by atoms with Gasteiger partial charge in [-0.1, -0.05) is 61.3 Å². The number of non-ortho nitro benzene ring substituents is 1. The van der Waals surface area contributed by atoms with Crippen LogP contribution in [-0.2, 0) is 19.3 Å². The lowest BCUT2D eigenvalue weighted by Gasteiger charge is -2.19. The van der Waals surface area contributed by atoms with Crippen molar-refractivity contribution >= 4 is 40.7 Å². The number of hydrogen-bond donors (Lipinski definition) is 2. The van der Waals surface area contributed by atoms with Gasteiger partial charge in [-0.25, -0.2) is 14.8 Å². The van der Waals surface area contributed by atoms with E-state index in [1.165, 1.54) is 23.3 Å². The Morgan fingerprint density at radius 1 is 1.02 bits per heavy atom. The molecule has 10 heteroatoms. The molecule has 0 radical (unpaired) electrons. The molecule has 0 saturated heterocycles. The van der Waals surface area contributed by atoms with E-state index in [1.807, 2.05) is 12.1 Å². The molecule has 1 aromatic heterocycles. The number of halogens is 2. The minimum Gasteiger partial charge on any atom is -0.478 e. The van der Waals surface area contributed by atoms with Crippen molar-refractivity contribution in [3.63, 3.8) is 0 Å². The summed E-state index contributed by atoms with van der Waals surface area (Å²) in [6.07, 6.45) is 3.76. The van der Waals surface area contributed by atoms with Gasteiger partial charge < -0.3 is 10.4 Å². The monoisotopic (exact) mass is 578 g/mol. The minimum absolute atomic E-state index is 0.0422. The molecule has 8 nitrogen and oxygen atoms in total. The maximum atomic E-state index is 10.3. The minimum atomic E-state index is -1.09. The Morgan fingerprint density at radius 2 is 1.73 bits per heavy atom. The van der Waals surface area contributed by atoms with E-state index in [9.17, 15) is 14.9 Å². The molecule has 0 aliphatic heterocycles. The van der Waals surface area contributed by atoms with Crippen LogP contribution in [0.15, 0.2) is 66.7 Å². The molecule has 0 fully saturated rings. The van der Waals surface area contributed by atoms with E-state index in [2.05, 4.69) is 43.4 Å². The van der Waals surface area contributed by atoms with E-state index in [4.69, 9.17) is 38.3 Å². The van der Waals surface area contributed by atoms with Gasteiger partial charge in [0.15, 0.2) is 0 Å². The lowest BCUT2D eigenvalue weighted by Crippen LogP contribution is -2.13. The highest BCUT2D eigenvalue weighted by atomic mass is 35.5. The van der Waals surface area contributed by atoms with Crippen molar-refractivity contribution in [3.8, 4) is 11.3 Å². The van der Waals surface area contributed by atoms with E-state index in [-0.39, 0.29) is 17.3 Å². The number of aromatic nitrogens is 2. The van der Waals surface area contributed by atoms with Crippen molar-refractivity contribution in [2.45, 2.75) is 45.6 Å². The molecule has 0 amide bonds. The Morgan fingerprint density at radius 3 is 2.35 bits per heavy atom. The van der Waals surface area contributed by atoms with Gasteiger partial charge in [0.2, 0.25) is 0 Å². The van der Waals surface area contributed by atoms with Crippen LogP contribution >= 0.6 is 23.2 Å². The molecule has 1 aliphatic carbocycles. The quantitative estimate of drug-likeness (QED) is 0.168. The van der Waals surface area contributed by atoms with Crippen molar-refractivity contribution in [1.82, 2.24) is 9.97 Å². The summed E-state index contributed by atoms with van der Waals surface area (Å²) in [7, 11) is 0. The number of aryl methyl sites for hydroxylation is 3. The number of carbonyl (C=O) groups is 1. The molecular formula is C30H28Cl2N4O4. The maximum Gasteiger partial charge on any atom is 0.335 e. The van der Waals surface area contributed by atoms with Gasteiger partial charge in [-0.15, -0.1) is 0 Å². The van der Waals surface area contributed by atoms with Crippen molar-refractivity contribution < 1.29 is 14.8 Å². The number of nitrogens with one attached hydrogen (secondary N) is 1. The molecule has 1 unspecified atom stereocenters. The Hall–Kier alpha value is -4.01. The van der Waals surface area contributed by atoms with Gasteiger partial charge in [0.1, 0.15) is 5.82 Å². The second-order valence-electron chi connectivity index (χ2n) is 9.19. The second-order valence-corrected chi connectivity index (χ2v) is 10.0. The summed E-state index contributed by atoms with van der Waals surface area (Å²) in [5.74, 6) is -0.209. The summed E-state index contributed by atoms with van der Waals surface area (Å²) < 4.78 is 0. The number of aromatic carboxylic acids is 1. The average molecular weight is 579 g/mol. The number of fused-ring (bicyclic) bond motifs is 1. The predicted octanol–water partition coefficient (Wildman–Crippen LogP) is 7.97. The first kappa shape index (κ1) is 29.0. The molecule has 4 aromatic rings. The summed E-state index contributed by atoms with van der Waals surface area (Å²) in [4.78, 5) is 29.8. The van der Waals surface area contributed by atoms with Crippen molar-refractivity contribution in [2.75, 3.05) is 5.32 Å². The lowest BCUT2D eigenvalue weighted by atomic mass is 10.1. The zero-order valence-corrected chi connectivity index (χ0v) is 23.5. The summed E-state index contributed by atoms with van der Waals surface area (Å²) in [6.45, 7) is 4.20. The molecule has 0 bridgehead atoms. The smallest absolute Gasteiger partial charge is 0.335 e. The van der Waals surface area contributed by atoms with E-state index < -0.39 is 10.9 Å². The van der Waals surface area contributed by atoms with Crippen LogP contribution in [0.1, 0.15) is 59.2 Å². The normalized spacial score (nSPS) is 13.7. The third-order valence-electron chi connectivity index (χ3n) is 6.67. The first-order valence-corrected chi connectivity index (χ1v) is 13.6. The largest absolute Gasteiger partial charge is 0.478 e. The number of nitro benzene ring substituents is 1. The molecular weight excluding hydrogens is 551 g/mol. The molecule has 1 atom stereocenters. The zero-order valence-electron chi connectivity index (χ0n) is 22.0. The van der Waals surface area contributed by atoms with Gasteiger partial charge in [0.05, 0.1) is 38.6 Å². The molecule has 2 N–H and O–H groups in total. The van der Waals surface area contributed by atoms with Crippen LogP contribution in [0.5, 0.6) is 0 Å². The van der Waals surface area contributed by atoms with Crippen molar-refractivity contribution in [1.29, 1.82) is 0 Å². The summed E-state index contributed by atoms with van der Waals surface area (Å²) in [5, 5.41) is 23.5. The third kappa shape index (κ3) is 6.58. The van der Waals surface area contributed by atoms with Gasteiger partial charge in [0, 0.05) is 22.7 Å². The van der Waals surface area contributed by atoms with Crippen LogP contribution < -0.4 is 5.32 Å². The van der Waals surface area contributed by atoms with Crippen molar-refractivity contribution in [3.05, 3.63) is 115 Å². The molecule has 0 spiro atoms. The maximum absolute atomic E-state index is 10.3. The van der Waals surface area contributed by atoms with E-state index >= 15 is 0 Å². The first-order valence-electron chi connectivity index (χ1n) is 12.9. The molecule has 5 rings (SSSR count). The summed E-state index contributed by atoms with van der Waals surface area (Å²) in [5.41, 5.74) is 6.35. The lowest BCUT2D eigenvalue weighted by molar-refractivity contribution is -0.384. The Kier molecular flexibility index (Phi) is 9.34. The molecule has 1 heterocycles. The number of nitrogens with zero attached hydrogens (tertiary/aromatic N) is 3. The van der Waals surface area contributed by atoms with Gasteiger partial charge >= 0.3 is 5.97 Å². The van der Waals surface area contributed by atoms with Crippen LogP contribution in [0.4, 0.5) is 11.5 Å². The van der Waals surface area contributed by atoms with Crippen LogP contribution in [0.3, 0.4) is 0 Å². The molecule has 40 heavy (non-hydrogen) atoms. The fourth-order valence-electron chi connectivity index (χ4n) is 4.61. The zero-order chi connectivity index (χ0) is 28.8. The van der Waals surface area contributed by atoms with E-state index in [1.54, 1.807) is 6.07 Å². The predicted molar refractivity (Wildman–Crippen MR) is 157 cm³/mol. The Labute approximate surface area is 242 Å². The van der Waals surface area contributed by atoms with Gasteiger partial charge in [-0.05, 0) is 67.1 Å². The Balaban J connectivity index is 0.000000259. The standard InChI is InChI=1S/C23H23Cl2N3.C7H5NO4/c1-3-19-22(17-11-10-15(24)13-18(17)25)26-20(4-2)23(27-19)28-21-12-9-14-7-5-6-8-16(14)21;9-7(10)5-1-3-6(4-2-5)8(11)12/h5-8,10-11,13,21H,3-4,9,12H2,1-2H3,(H,27,28);1-4H,(H,9,10). The number of nitro groups is 1. The Bertz CT molecular complexity index is 1510. The SMILES string of the molecule is CCc1nc(-c2ccc(Cl)cc2Cl)c(CC)nc1NC1CCc2ccccc21.O=C(O)c1ccc([N+](=O)[O-])cc1. The summed E-state index contributed by atoms with van der Waals surface area (Å²) >= 11 is 12.5.